The number of aromatic nitrogens is 2. The standard InChI is InChI=1S/C23H14ClF4N3O/c24-18-3-1-2-4-19(18)31-20(13-21(30-31)23(26,27)28)14-5-7-15(8-6-14)22(32)29-17-11-9-16(25)10-12-17/h1-13H,(H,29,32). The summed E-state index contributed by atoms with van der Waals surface area (Å²) in [7, 11) is 0. The van der Waals surface area contributed by atoms with Gasteiger partial charge in [-0.1, -0.05) is 35.9 Å². The van der Waals surface area contributed by atoms with E-state index in [2.05, 4.69) is 10.4 Å². The number of carbonyl (C=O) groups excluding carboxylic acids is 1. The summed E-state index contributed by atoms with van der Waals surface area (Å²) < 4.78 is 54.1. The quantitative estimate of drug-likeness (QED) is 0.349. The van der Waals surface area contributed by atoms with E-state index in [9.17, 15) is 22.4 Å². The van der Waals surface area contributed by atoms with E-state index in [1.807, 2.05) is 0 Å². The van der Waals surface area contributed by atoms with Crippen LogP contribution in [0.2, 0.25) is 5.02 Å². The molecular weight excluding hydrogens is 446 g/mol. The number of halogens is 5. The number of benzene rings is 3. The van der Waals surface area contributed by atoms with Crippen LogP contribution >= 0.6 is 11.6 Å². The van der Waals surface area contributed by atoms with Gasteiger partial charge in [0.05, 0.1) is 16.4 Å². The predicted molar refractivity (Wildman–Crippen MR) is 113 cm³/mol. The Morgan fingerprint density at radius 1 is 0.938 bits per heavy atom. The molecule has 0 saturated carbocycles. The van der Waals surface area contributed by atoms with E-state index in [-0.39, 0.29) is 22.0 Å². The predicted octanol–water partition coefficient (Wildman–Crippen LogP) is 6.60. The summed E-state index contributed by atoms with van der Waals surface area (Å²) in [6.45, 7) is 0. The first-order valence-electron chi connectivity index (χ1n) is 9.32. The molecule has 1 amide bonds. The molecule has 3 aromatic carbocycles. The number of nitrogens with one attached hydrogen (secondary N) is 1. The van der Waals surface area contributed by atoms with Gasteiger partial charge in [0.2, 0.25) is 0 Å². The van der Waals surface area contributed by atoms with Gasteiger partial charge in [-0.25, -0.2) is 9.07 Å². The first kappa shape index (κ1) is 21.6. The molecule has 1 N–H and O–H groups in total. The summed E-state index contributed by atoms with van der Waals surface area (Å²) in [6, 6.07) is 18.6. The Kier molecular flexibility index (Phi) is 5.71. The van der Waals surface area contributed by atoms with Crippen LogP contribution in [0.4, 0.5) is 23.2 Å². The van der Waals surface area contributed by atoms with E-state index in [0.717, 1.165) is 10.7 Å². The molecule has 162 valence electrons. The lowest BCUT2D eigenvalue weighted by Crippen LogP contribution is -2.11. The lowest BCUT2D eigenvalue weighted by atomic mass is 10.1. The molecule has 0 aliphatic heterocycles. The fourth-order valence-corrected chi connectivity index (χ4v) is 3.28. The summed E-state index contributed by atoms with van der Waals surface area (Å²) in [6.07, 6.45) is -4.64. The molecule has 0 aliphatic rings. The van der Waals surface area contributed by atoms with Crippen molar-refractivity contribution < 1.29 is 22.4 Å². The highest BCUT2D eigenvalue weighted by molar-refractivity contribution is 6.32. The minimum atomic E-state index is -4.64. The van der Waals surface area contributed by atoms with Crippen molar-refractivity contribution in [1.29, 1.82) is 0 Å². The molecule has 0 saturated heterocycles. The molecule has 1 heterocycles. The third-order valence-electron chi connectivity index (χ3n) is 4.63. The topological polar surface area (TPSA) is 46.9 Å². The number of anilines is 1. The SMILES string of the molecule is O=C(Nc1ccc(F)cc1)c1ccc(-c2cc(C(F)(F)F)nn2-c2ccccc2Cl)cc1. The summed E-state index contributed by atoms with van der Waals surface area (Å²) in [5, 5.41) is 6.57. The average molecular weight is 460 g/mol. The van der Waals surface area contributed by atoms with Crippen molar-refractivity contribution >= 4 is 23.2 Å². The average Bonchev–Trinajstić information content (AvgIpc) is 3.21. The van der Waals surface area contributed by atoms with E-state index in [4.69, 9.17) is 11.6 Å². The van der Waals surface area contributed by atoms with Gasteiger partial charge in [-0.3, -0.25) is 4.79 Å². The number of rotatable bonds is 4. The molecule has 1 aromatic heterocycles. The van der Waals surface area contributed by atoms with Crippen molar-refractivity contribution in [1.82, 2.24) is 9.78 Å². The largest absolute Gasteiger partial charge is 0.435 e. The Morgan fingerprint density at radius 3 is 2.22 bits per heavy atom. The van der Waals surface area contributed by atoms with Crippen molar-refractivity contribution in [2.75, 3.05) is 5.32 Å². The maximum Gasteiger partial charge on any atom is 0.435 e. The van der Waals surface area contributed by atoms with E-state index >= 15 is 0 Å². The summed E-state index contributed by atoms with van der Waals surface area (Å²) in [5.74, 6) is -0.876. The molecule has 32 heavy (non-hydrogen) atoms. The van der Waals surface area contributed by atoms with Gasteiger partial charge in [0.25, 0.3) is 5.91 Å². The minimum Gasteiger partial charge on any atom is -0.322 e. The van der Waals surface area contributed by atoms with Crippen LogP contribution in [-0.4, -0.2) is 15.7 Å². The molecule has 9 heteroatoms. The third kappa shape index (κ3) is 4.50. The first-order valence-corrected chi connectivity index (χ1v) is 9.70. The molecule has 0 fully saturated rings. The molecular formula is C23H14ClF4N3O. The fourth-order valence-electron chi connectivity index (χ4n) is 3.06. The van der Waals surface area contributed by atoms with E-state index in [1.54, 1.807) is 24.3 Å². The number of amides is 1. The minimum absolute atomic E-state index is 0.163. The number of hydrogen-bond acceptors (Lipinski definition) is 2. The molecule has 0 bridgehead atoms. The van der Waals surface area contributed by atoms with Gasteiger partial charge in [0, 0.05) is 16.8 Å². The van der Waals surface area contributed by atoms with Crippen molar-refractivity contribution in [3.05, 3.63) is 101 Å². The molecule has 0 unspecified atom stereocenters. The van der Waals surface area contributed by atoms with Gasteiger partial charge in [-0.05, 0) is 54.6 Å². The zero-order valence-electron chi connectivity index (χ0n) is 16.2. The fraction of sp³-hybridized carbons (Fsp3) is 0.0435. The molecule has 0 atom stereocenters. The van der Waals surface area contributed by atoms with E-state index < -0.39 is 23.6 Å². The molecule has 0 spiro atoms. The van der Waals surface area contributed by atoms with E-state index in [0.29, 0.717) is 11.3 Å². The molecule has 4 rings (SSSR count). The van der Waals surface area contributed by atoms with Crippen LogP contribution in [-0.2, 0) is 6.18 Å². The Bertz CT molecular complexity index is 1270. The first-order chi connectivity index (χ1) is 15.2. The number of carbonyl (C=O) groups is 1. The number of nitrogens with zero attached hydrogens (tertiary/aromatic N) is 2. The maximum atomic E-state index is 13.3. The Morgan fingerprint density at radius 2 is 1.59 bits per heavy atom. The van der Waals surface area contributed by atoms with Gasteiger partial charge in [0.15, 0.2) is 5.69 Å². The monoisotopic (exact) mass is 459 g/mol. The van der Waals surface area contributed by atoms with Crippen LogP contribution in [0.15, 0.2) is 78.9 Å². The molecule has 0 radical (unpaired) electrons. The second-order valence-electron chi connectivity index (χ2n) is 6.81. The number of alkyl halides is 3. The van der Waals surface area contributed by atoms with Crippen LogP contribution < -0.4 is 5.32 Å². The highest BCUT2D eigenvalue weighted by Crippen LogP contribution is 2.34. The van der Waals surface area contributed by atoms with Crippen LogP contribution in [0.5, 0.6) is 0 Å². The summed E-state index contributed by atoms with van der Waals surface area (Å²) in [5.41, 5.74) is 0.482. The summed E-state index contributed by atoms with van der Waals surface area (Å²) in [4.78, 5) is 12.4. The third-order valence-corrected chi connectivity index (χ3v) is 4.94. The number of hydrogen-bond donors (Lipinski definition) is 1. The van der Waals surface area contributed by atoms with Crippen molar-refractivity contribution in [2.24, 2.45) is 0 Å². The van der Waals surface area contributed by atoms with Gasteiger partial charge >= 0.3 is 6.18 Å². The second kappa shape index (κ2) is 8.47. The van der Waals surface area contributed by atoms with Crippen LogP contribution in [0, 0.1) is 5.82 Å². The van der Waals surface area contributed by atoms with E-state index in [1.165, 1.54) is 48.5 Å². The van der Waals surface area contributed by atoms with Gasteiger partial charge in [-0.2, -0.15) is 18.3 Å². The number of para-hydroxylation sites is 1. The van der Waals surface area contributed by atoms with Crippen LogP contribution in [0.1, 0.15) is 16.1 Å². The molecule has 0 aliphatic carbocycles. The van der Waals surface area contributed by atoms with Gasteiger partial charge in [-0.15, -0.1) is 0 Å². The van der Waals surface area contributed by atoms with Crippen molar-refractivity contribution in [3.8, 4) is 16.9 Å². The Labute approximate surface area is 185 Å². The normalized spacial score (nSPS) is 11.4. The maximum absolute atomic E-state index is 13.3. The zero-order valence-corrected chi connectivity index (χ0v) is 17.0. The molecule has 4 nitrogen and oxygen atoms in total. The van der Waals surface area contributed by atoms with Crippen LogP contribution in [0.25, 0.3) is 16.9 Å². The highest BCUT2D eigenvalue weighted by Gasteiger charge is 2.35. The second-order valence-corrected chi connectivity index (χ2v) is 7.22. The van der Waals surface area contributed by atoms with Gasteiger partial charge < -0.3 is 5.32 Å². The summed E-state index contributed by atoms with van der Waals surface area (Å²) >= 11 is 6.18. The van der Waals surface area contributed by atoms with Gasteiger partial charge in [0.1, 0.15) is 5.82 Å². The smallest absolute Gasteiger partial charge is 0.322 e. The van der Waals surface area contributed by atoms with Crippen LogP contribution in [0.3, 0.4) is 0 Å². The van der Waals surface area contributed by atoms with Crippen molar-refractivity contribution in [2.45, 2.75) is 6.18 Å². The Hall–Kier alpha value is -3.65. The van der Waals surface area contributed by atoms with Crippen molar-refractivity contribution in [3.63, 3.8) is 0 Å². The highest BCUT2D eigenvalue weighted by atomic mass is 35.5. The zero-order chi connectivity index (χ0) is 22.9. The lowest BCUT2D eigenvalue weighted by molar-refractivity contribution is -0.141. The lowest BCUT2D eigenvalue weighted by Gasteiger charge is -2.10. The Balaban J connectivity index is 1.67. The molecule has 4 aromatic rings.